The summed E-state index contributed by atoms with van der Waals surface area (Å²) in [5.41, 5.74) is 4.65. The number of ether oxygens (including phenoxy) is 2. The van der Waals surface area contributed by atoms with Gasteiger partial charge in [-0.2, -0.15) is 10.1 Å². The van der Waals surface area contributed by atoms with Crippen LogP contribution in [-0.2, 0) is 9.53 Å². The molecule has 0 radical (unpaired) electrons. The Labute approximate surface area is 228 Å². The lowest BCUT2D eigenvalue weighted by atomic mass is 10.0. The monoisotopic (exact) mass is 530 g/mol. The first-order chi connectivity index (χ1) is 18.4. The number of carbonyl (C=O) groups is 1. The maximum atomic E-state index is 13.0. The molecule has 0 N–H and O–H groups in total. The second kappa shape index (κ2) is 11.6. The van der Waals surface area contributed by atoms with Crippen LogP contribution in [0.3, 0.4) is 0 Å². The number of aryl methyl sites for hydroxylation is 1. The molecule has 2 aromatic carbocycles. The molecule has 0 saturated carbocycles. The Morgan fingerprint density at radius 1 is 1.13 bits per heavy atom. The number of nitrogens with zero attached hydrogens (tertiary/aromatic N) is 4. The van der Waals surface area contributed by atoms with Gasteiger partial charge < -0.3 is 14.4 Å². The summed E-state index contributed by atoms with van der Waals surface area (Å²) < 4.78 is 13.7. The molecule has 1 fully saturated rings. The molecule has 5 rings (SSSR count). The molecule has 1 aromatic heterocycles. The van der Waals surface area contributed by atoms with Gasteiger partial charge in [0.25, 0.3) is 5.91 Å². The highest BCUT2D eigenvalue weighted by molar-refractivity contribution is 8.18. The van der Waals surface area contributed by atoms with Crippen molar-refractivity contribution in [2.45, 2.75) is 52.7 Å². The van der Waals surface area contributed by atoms with E-state index in [0.29, 0.717) is 11.5 Å². The van der Waals surface area contributed by atoms with Gasteiger partial charge in [-0.15, -0.1) is 0 Å². The van der Waals surface area contributed by atoms with Gasteiger partial charge in [-0.3, -0.25) is 4.79 Å². The van der Waals surface area contributed by atoms with Crippen LogP contribution >= 0.6 is 11.8 Å². The van der Waals surface area contributed by atoms with Crippen molar-refractivity contribution in [3.8, 4) is 22.7 Å². The van der Waals surface area contributed by atoms with Gasteiger partial charge in [0.2, 0.25) is 0 Å². The van der Waals surface area contributed by atoms with Crippen LogP contribution in [0.1, 0.15) is 44.7 Å². The zero-order valence-electron chi connectivity index (χ0n) is 22.4. The lowest BCUT2D eigenvalue weighted by Crippen LogP contribution is -2.47. The molecule has 3 aromatic rings. The second-order valence-corrected chi connectivity index (χ2v) is 10.9. The Morgan fingerprint density at radius 3 is 2.61 bits per heavy atom. The topological polar surface area (TPSA) is 68.9 Å². The van der Waals surface area contributed by atoms with Crippen LogP contribution in [0.4, 0.5) is 0 Å². The fraction of sp³-hybridized carbons (Fsp3) is 0.367. The van der Waals surface area contributed by atoms with E-state index >= 15 is 0 Å². The summed E-state index contributed by atoms with van der Waals surface area (Å²) in [6.45, 7) is 10.5. The third kappa shape index (κ3) is 5.87. The first kappa shape index (κ1) is 26.3. The molecular formula is C30H34N4O3S. The number of amidine groups is 1. The van der Waals surface area contributed by atoms with Gasteiger partial charge in [0.05, 0.1) is 29.4 Å². The minimum absolute atomic E-state index is 0.0954. The lowest BCUT2D eigenvalue weighted by molar-refractivity contribution is -0.113. The summed E-state index contributed by atoms with van der Waals surface area (Å²) >= 11 is 1.42. The normalized spacial score (nSPS) is 20.7. The molecule has 1 amide bonds. The SMILES string of the molecule is CCCCOc1ccc(-c2nn(-c3ccccc3)cc2/C=C2/SC(N3C[C@@H](C)O[C@H](C)C3)=NC2=O)cc1C. The van der Waals surface area contributed by atoms with Crippen molar-refractivity contribution in [2.24, 2.45) is 4.99 Å². The summed E-state index contributed by atoms with van der Waals surface area (Å²) in [5, 5.41) is 5.68. The van der Waals surface area contributed by atoms with Crippen LogP contribution in [0, 0.1) is 6.92 Å². The van der Waals surface area contributed by atoms with Crippen LogP contribution in [0.5, 0.6) is 5.75 Å². The number of aliphatic imine (C=N–C) groups is 1. The molecule has 3 heterocycles. The number of unbranched alkanes of at least 4 members (excludes halogenated alkanes) is 1. The molecule has 2 aliphatic heterocycles. The van der Waals surface area contributed by atoms with Crippen LogP contribution in [0.2, 0.25) is 0 Å². The number of benzene rings is 2. The molecule has 2 atom stereocenters. The quantitative estimate of drug-likeness (QED) is 0.271. The molecule has 0 bridgehead atoms. The molecule has 0 unspecified atom stereocenters. The van der Waals surface area contributed by atoms with E-state index in [9.17, 15) is 4.79 Å². The molecule has 198 valence electrons. The minimum atomic E-state index is -0.217. The summed E-state index contributed by atoms with van der Waals surface area (Å²) in [6.07, 6.45) is 6.20. The first-order valence-electron chi connectivity index (χ1n) is 13.2. The molecule has 0 spiro atoms. The molecule has 1 saturated heterocycles. The highest BCUT2D eigenvalue weighted by Crippen LogP contribution is 2.35. The van der Waals surface area contributed by atoms with Crippen molar-refractivity contribution in [2.75, 3.05) is 19.7 Å². The van der Waals surface area contributed by atoms with Gasteiger partial charge in [-0.1, -0.05) is 31.5 Å². The van der Waals surface area contributed by atoms with E-state index in [-0.39, 0.29) is 18.1 Å². The Kier molecular flexibility index (Phi) is 8.00. The summed E-state index contributed by atoms with van der Waals surface area (Å²) in [7, 11) is 0. The summed E-state index contributed by atoms with van der Waals surface area (Å²) in [5.74, 6) is 0.671. The Balaban J connectivity index is 1.47. The Hall–Kier alpha value is -3.36. The number of para-hydroxylation sites is 1. The van der Waals surface area contributed by atoms with Gasteiger partial charge in [0.15, 0.2) is 5.17 Å². The van der Waals surface area contributed by atoms with Gasteiger partial charge in [-0.05, 0) is 80.9 Å². The van der Waals surface area contributed by atoms with Gasteiger partial charge in [-0.25, -0.2) is 4.68 Å². The van der Waals surface area contributed by atoms with E-state index in [4.69, 9.17) is 14.6 Å². The van der Waals surface area contributed by atoms with Gasteiger partial charge >= 0.3 is 0 Å². The van der Waals surface area contributed by atoms with Crippen molar-refractivity contribution in [1.82, 2.24) is 14.7 Å². The van der Waals surface area contributed by atoms with E-state index in [1.807, 2.05) is 73.3 Å². The van der Waals surface area contributed by atoms with Crippen LogP contribution in [-0.4, -0.2) is 57.7 Å². The predicted octanol–water partition coefficient (Wildman–Crippen LogP) is 6.11. The number of aromatic nitrogens is 2. The third-order valence-electron chi connectivity index (χ3n) is 6.55. The van der Waals surface area contributed by atoms with Crippen molar-refractivity contribution in [1.29, 1.82) is 0 Å². The average Bonchev–Trinajstić information content (AvgIpc) is 3.49. The third-order valence-corrected chi connectivity index (χ3v) is 7.60. The predicted molar refractivity (Wildman–Crippen MR) is 154 cm³/mol. The number of hydrogen-bond acceptors (Lipinski definition) is 6. The number of rotatable bonds is 7. The van der Waals surface area contributed by atoms with Crippen LogP contribution in [0.15, 0.2) is 64.6 Å². The molecule has 2 aliphatic rings. The standard InChI is InChI=1S/C30H34N4O3S/c1-5-6-14-36-26-13-12-23(15-20(26)2)28-24(19-34(32-28)25-10-8-7-9-11-25)16-27-29(35)31-30(38-27)33-17-21(3)37-22(4)18-33/h7-13,15-16,19,21-22H,5-6,14,17-18H2,1-4H3/b27-16+/t21-,22-/m1/s1. The summed E-state index contributed by atoms with van der Waals surface area (Å²) in [6, 6.07) is 16.1. The minimum Gasteiger partial charge on any atom is -0.493 e. The highest BCUT2D eigenvalue weighted by Gasteiger charge is 2.31. The lowest BCUT2D eigenvalue weighted by Gasteiger charge is -2.35. The van der Waals surface area contributed by atoms with Crippen molar-refractivity contribution in [3.63, 3.8) is 0 Å². The number of amides is 1. The van der Waals surface area contributed by atoms with Crippen molar-refractivity contribution < 1.29 is 14.3 Å². The van der Waals surface area contributed by atoms with E-state index < -0.39 is 0 Å². The number of morpholine rings is 1. The van der Waals surface area contributed by atoms with E-state index in [2.05, 4.69) is 29.8 Å². The number of thioether (sulfide) groups is 1. The molecule has 7 nitrogen and oxygen atoms in total. The fourth-order valence-electron chi connectivity index (χ4n) is 4.72. The highest BCUT2D eigenvalue weighted by atomic mass is 32.2. The first-order valence-corrected chi connectivity index (χ1v) is 14.0. The maximum absolute atomic E-state index is 13.0. The molecule has 0 aliphatic carbocycles. The van der Waals surface area contributed by atoms with E-state index in [0.717, 1.165) is 64.9 Å². The van der Waals surface area contributed by atoms with Crippen LogP contribution < -0.4 is 4.74 Å². The molecule has 8 heteroatoms. The zero-order chi connectivity index (χ0) is 26.6. The maximum Gasteiger partial charge on any atom is 0.286 e. The van der Waals surface area contributed by atoms with Gasteiger partial charge in [0.1, 0.15) is 11.4 Å². The van der Waals surface area contributed by atoms with Crippen LogP contribution in [0.25, 0.3) is 23.0 Å². The number of carbonyl (C=O) groups excluding carboxylic acids is 1. The fourth-order valence-corrected chi connectivity index (χ4v) is 5.65. The molecular weight excluding hydrogens is 496 g/mol. The smallest absolute Gasteiger partial charge is 0.286 e. The average molecular weight is 531 g/mol. The Bertz CT molecular complexity index is 1360. The number of hydrogen-bond donors (Lipinski definition) is 0. The van der Waals surface area contributed by atoms with Crippen molar-refractivity contribution in [3.05, 3.63) is 70.8 Å². The second-order valence-electron chi connectivity index (χ2n) is 9.87. The Morgan fingerprint density at radius 2 is 1.89 bits per heavy atom. The van der Waals surface area contributed by atoms with E-state index in [1.165, 1.54) is 11.8 Å². The largest absolute Gasteiger partial charge is 0.493 e. The summed E-state index contributed by atoms with van der Waals surface area (Å²) in [4.78, 5) is 20.1. The van der Waals surface area contributed by atoms with Crippen molar-refractivity contribution >= 4 is 28.9 Å². The van der Waals surface area contributed by atoms with E-state index in [1.54, 1.807) is 0 Å². The van der Waals surface area contributed by atoms with Gasteiger partial charge in [0, 0.05) is 30.4 Å². The molecule has 38 heavy (non-hydrogen) atoms. The zero-order valence-corrected chi connectivity index (χ0v) is 23.2.